The van der Waals surface area contributed by atoms with Gasteiger partial charge in [0, 0.05) is 12.3 Å². The lowest BCUT2D eigenvalue weighted by Crippen LogP contribution is -1.94. The Hall–Kier alpha value is -1.62. The summed E-state index contributed by atoms with van der Waals surface area (Å²) in [6.45, 7) is 0. The SMILES string of the molecule is O=C(O)c1cn2cnc(Cl)cc2n1. The second-order valence-electron chi connectivity index (χ2n) is 2.41. The Morgan fingerprint density at radius 3 is 3.08 bits per heavy atom. The van der Waals surface area contributed by atoms with E-state index in [9.17, 15) is 4.79 Å². The molecule has 5 nitrogen and oxygen atoms in total. The molecule has 66 valence electrons. The van der Waals surface area contributed by atoms with E-state index in [0.717, 1.165) is 0 Å². The van der Waals surface area contributed by atoms with Gasteiger partial charge in [0.1, 0.15) is 17.1 Å². The van der Waals surface area contributed by atoms with E-state index in [1.165, 1.54) is 23.0 Å². The highest BCUT2D eigenvalue weighted by Crippen LogP contribution is 2.09. The maximum Gasteiger partial charge on any atom is 0.356 e. The molecule has 0 aromatic carbocycles. The molecule has 0 saturated carbocycles. The van der Waals surface area contributed by atoms with Gasteiger partial charge in [0.25, 0.3) is 0 Å². The Bertz CT molecular complexity index is 480. The largest absolute Gasteiger partial charge is 0.476 e. The number of imidazole rings is 1. The lowest BCUT2D eigenvalue weighted by Gasteiger charge is -1.89. The van der Waals surface area contributed by atoms with Crippen molar-refractivity contribution in [2.75, 3.05) is 0 Å². The molecule has 2 aromatic heterocycles. The summed E-state index contributed by atoms with van der Waals surface area (Å²) in [5, 5.41) is 8.91. The van der Waals surface area contributed by atoms with Crippen molar-refractivity contribution in [3.63, 3.8) is 0 Å². The Balaban J connectivity index is 2.68. The lowest BCUT2D eigenvalue weighted by atomic mass is 10.5. The van der Waals surface area contributed by atoms with Crippen LogP contribution in [0, 0.1) is 0 Å². The molecule has 0 radical (unpaired) electrons. The molecule has 0 fully saturated rings. The smallest absolute Gasteiger partial charge is 0.356 e. The van der Waals surface area contributed by atoms with Gasteiger partial charge in [-0.3, -0.25) is 4.40 Å². The van der Waals surface area contributed by atoms with Crippen LogP contribution in [0.15, 0.2) is 18.6 Å². The molecule has 6 heteroatoms. The number of carboxylic acids is 1. The molecular formula is C7H4ClN3O2. The second kappa shape index (κ2) is 2.70. The number of nitrogens with zero attached hydrogens (tertiary/aromatic N) is 3. The standard InChI is InChI=1S/C7H4ClN3O2/c8-5-1-6-10-4(7(12)13)2-11(6)3-9-5/h1-3H,(H,12,13). The molecule has 0 amide bonds. The van der Waals surface area contributed by atoms with Gasteiger partial charge in [0.15, 0.2) is 5.69 Å². The maximum absolute atomic E-state index is 10.5. The molecule has 0 spiro atoms. The molecule has 2 heterocycles. The number of aromatic nitrogens is 3. The lowest BCUT2D eigenvalue weighted by molar-refractivity contribution is 0.0691. The van der Waals surface area contributed by atoms with Crippen molar-refractivity contribution in [3.05, 3.63) is 29.4 Å². The number of hydrogen-bond donors (Lipinski definition) is 1. The van der Waals surface area contributed by atoms with E-state index in [2.05, 4.69) is 9.97 Å². The first-order valence-corrected chi connectivity index (χ1v) is 3.78. The first-order chi connectivity index (χ1) is 6.16. The van der Waals surface area contributed by atoms with Crippen molar-refractivity contribution < 1.29 is 9.90 Å². The minimum Gasteiger partial charge on any atom is -0.476 e. The summed E-state index contributed by atoms with van der Waals surface area (Å²) >= 11 is 5.60. The minimum absolute atomic E-state index is 0.0240. The van der Waals surface area contributed by atoms with Crippen LogP contribution in [0.2, 0.25) is 5.15 Å². The third kappa shape index (κ3) is 1.33. The average Bonchev–Trinajstić information content (AvgIpc) is 2.46. The number of fused-ring (bicyclic) bond motifs is 1. The summed E-state index contributed by atoms with van der Waals surface area (Å²) in [6, 6.07) is 1.49. The third-order valence-electron chi connectivity index (χ3n) is 1.53. The van der Waals surface area contributed by atoms with Crippen LogP contribution in [0.4, 0.5) is 0 Å². The molecule has 0 aliphatic rings. The van der Waals surface area contributed by atoms with Gasteiger partial charge >= 0.3 is 5.97 Å². The third-order valence-corrected chi connectivity index (χ3v) is 1.74. The summed E-state index contributed by atoms with van der Waals surface area (Å²) in [7, 11) is 0. The van der Waals surface area contributed by atoms with Crippen LogP contribution >= 0.6 is 11.6 Å². The molecule has 2 aromatic rings. The topological polar surface area (TPSA) is 67.5 Å². The fourth-order valence-corrected chi connectivity index (χ4v) is 1.11. The van der Waals surface area contributed by atoms with E-state index in [-0.39, 0.29) is 10.8 Å². The summed E-state index contributed by atoms with van der Waals surface area (Å²) in [5.41, 5.74) is 0.446. The maximum atomic E-state index is 10.5. The molecular weight excluding hydrogens is 194 g/mol. The van der Waals surface area contributed by atoms with Gasteiger partial charge in [0.2, 0.25) is 0 Å². The quantitative estimate of drug-likeness (QED) is 0.695. The predicted octanol–water partition coefficient (Wildman–Crippen LogP) is 1.08. The van der Waals surface area contributed by atoms with Crippen LogP contribution in [-0.4, -0.2) is 25.4 Å². The summed E-state index contributed by atoms with van der Waals surface area (Å²) in [4.78, 5) is 18.1. The van der Waals surface area contributed by atoms with Gasteiger partial charge in [-0.1, -0.05) is 11.6 Å². The normalized spacial score (nSPS) is 10.5. The fourth-order valence-electron chi connectivity index (χ4n) is 0.971. The fraction of sp³-hybridized carbons (Fsp3) is 0. The molecule has 0 unspecified atom stereocenters. The zero-order valence-corrected chi connectivity index (χ0v) is 7.06. The monoisotopic (exact) mass is 197 g/mol. The van der Waals surface area contributed by atoms with Gasteiger partial charge in [-0.05, 0) is 0 Å². The highest BCUT2D eigenvalue weighted by molar-refractivity contribution is 6.29. The highest BCUT2D eigenvalue weighted by atomic mass is 35.5. The van der Waals surface area contributed by atoms with Crippen molar-refractivity contribution in [2.45, 2.75) is 0 Å². The Morgan fingerprint density at radius 1 is 1.62 bits per heavy atom. The van der Waals surface area contributed by atoms with Gasteiger partial charge in [-0.15, -0.1) is 0 Å². The molecule has 0 aliphatic heterocycles. The van der Waals surface area contributed by atoms with Gasteiger partial charge in [0.05, 0.1) is 0 Å². The first-order valence-electron chi connectivity index (χ1n) is 3.40. The van der Waals surface area contributed by atoms with E-state index >= 15 is 0 Å². The molecule has 0 aliphatic carbocycles. The zero-order chi connectivity index (χ0) is 9.42. The van der Waals surface area contributed by atoms with E-state index in [1.807, 2.05) is 0 Å². The minimum atomic E-state index is -1.07. The van der Waals surface area contributed by atoms with Crippen LogP contribution in [-0.2, 0) is 0 Å². The molecule has 0 bridgehead atoms. The number of rotatable bonds is 1. The second-order valence-corrected chi connectivity index (χ2v) is 2.80. The Labute approximate surface area is 77.6 Å². The molecule has 1 N–H and O–H groups in total. The summed E-state index contributed by atoms with van der Waals surface area (Å²) in [6.07, 6.45) is 2.79. The van der Waals surface area contributed by atoms with Crippen LogP contribution in [0.25, 0.3) is 5.65 Å². The Morgan fingerprint density at radius 2 is 2.38 bits per heavy atom. The van der Waals surface area contributed by atoms with Crippen molar-refractivity contribution >= 4 is 23.2 Å². The number of halogens is 1. The van der Waals surface area contributed by atoms with Crippen LogP contribution < -0.4 is 0 Å². The van der Waals surface area contributed by atoms with Gasteiger partial charge in [-0.25, -0.2) is 14.8 Å². The number of aromatic carboxylic acids is 1. The van der Waals surface area contributed by atoms with E-state index in [4.69, 9.17) is 16.7 Å². The van der Waals surface area contributed by atoms with E-state index in [0.29, 0.717) is 5.65 Å². The van der Waals surface area contributed by atoms with E-state index in [1.54, 1.807) is 0 Å². The van der Waals surface area contributed by atoms with Crippen LogP contribution in [0.5, 0.6) is 0 Å². The predicted molar refractivity (Wildman–Crippen MR) is 45.0 cm³/mol. The molecule has 13 heavy (non-hydrogen) atoms. The number of carbonyl (C=O) groups is 1. The van der Waals surface area contributed by atoms with Gasteiger partial charge < -0.3 is 5.11 Å². The summed E-state index contributed by atoms with van der Waals surface area (Å²) in [5.74, 6) is -1.07. The molecule has 0 saturated heterocycles. The number of hydrogen-bond acceptors (Lipinski definition) is 3. The van der Waals surface area contributed by atoms with Crippen LogP contribution in [0.3, 0.4) is 0 Å². The van der Waals surface area contributed by atoms with Crippen molar-refractivity contribution in [2.24, 2.45) is 0 Å². The molecule has 2 rings (SSSR count). The zero-order valence-electron chi connectivity index (χ0n) is 6.31. The van der Waals surface area contributed by atoms with Gasteiger partial charge in [-0.2, -0.15) is 0 Å². The van der Waals surface area contributed by atoms with Crippen molar-refractivity contribution in [1.82, 2.24) is 14.4 Å². The summed E-state index contributed by atoms with van der Waals surface area (Å²) < 4.78 is 1.50. The Kier molecular flexibility index (Phi) is 1.66. The van der Waals surface area contributed by atoms with Crippen molar-refractivity contribution in [1.29, 1.82) is 0 Å². The van der Waals surface area contributed by atoms with E-state index < -0.39 is 5.97 Å². The number of carboxylic acid groups (broad SMARTS) is 1. The van der Waals surface area contributed by atoms with Crippen LogP contribution in [0.1, 0.15) is 10.5 Å². The van der Waals surface area contributed by atoms with Crippen molar-refractivity contribution in [3.8, 4) is 0 Å². The average molecular weight is 198 g/mol. The highest BCUT2D eigenvalue weighted by Gasteiger charge is 2.08. The first kappa shape index (κ1) is 8.00. The molecule has 0 atom stereocenters.